The summed E-state index contributed by atoms with van der Waals surface area (Å²) in [6.45, 7) is 4.44. The van der Waals surface area contributed by atoms with Gasteiger partial charge in [0.15, 0.2) is 0 Å². The molecule has 0 atom stereocenters. The molecule has 0 spiro atoms. The maximum Gasteiger partial charge on any atom is 0.271 e. The van der Waals surface area contributed by atoms with E-state index in [2.05, 4.69) is 10.2 Å². The number of rotatable bonds is 7. The number of carbonyl (C=O) groups excluding carboxylic acids is 1. The molecule has 5 rings (SSSR count). The van der Waals surface area contributed by atoms with Crippen LogP contribution in [0.4, 0.5) is 24.5 Å². The molecule has 3 aromatic rings. The summed E-state index contributed by atoms with van der Waals surface area (Å²) in [4.78, 5) is 30.9. The first-order chi connectivity index (χ1) is 19.3. The van der Waals surface area contributed by atoms with Crippen molar-refractivity contribution >= 4 is 28.9 Å². The van der Waals surface area contributed by atoms with Crippen LogP contribution in [0.3, 0.4) is 0 Å². The zero-order valence-corrected chi connectivity index (χ0v) is 22.6. The Labute approximate surface area is 235 Å². The van der Waals surface area contributed by atoms with Gasteiger partial charge in [0.25, 0.3) is 11.5 Å². The van der Waals surface area contributed by atoms with Crippen LogP contribution in [0.5, 0.6) is 0 Å². The Bertz CT molecular complexity index is 1420. The maximum absolute atomic E-state index is 14.5. The molecule has 1 N–H and O–H groups in total. The summed E-state index contributed by atoms with van der Waals surface area (Å²) in [5.41, 5.74) is 0.479. The van der Waals surface area contributed by atoms with Crippen LogP contribution in [0, 0.1) is 17.5 Å². The van der Waals surface area contributed by atoms with E-state index in [-0.39, 0.29) is 39.6 Å². The molecule has 1 aromatic heterocycles. The van der Waals surface area contributed by atoms with Crippen molar-refractivity contribution < 1.29 is 22.7 Å². The lowest BCUT2D eigenvalue weighted by Gasteiger charge is -2.33. The van der Waals surface area contributed by atoms with Crippen molar-refractivity contribution in [2.24, 2.45) is 0 Å². The molecule has 2 aliphatic heterocycles. The number of ether oxygens (including phenoxy) is 1. The van der Waals surface area contributed by atoms with Gasteiger partial charge in [-0.05, 0) is 48.6 Å². The number of aromatic nitrogens is 1. The first kappa shape index (κ1) is 28.2. The molecule has 2 fully saturated rings. The highest BCUT2D eigenvalue weighted by Crippen LogP contribution is 2.32. The summed E-state index contributed by atoms with van der Waals surface area (Å²) in [5.74, 6) is -2.11. The van der Waals surface area contributed by atoms with Crippen LogP contribution >= 0.6 is 11.6 Å². The quantitative estimate of drug-likeness (QED) is 0.430. The van der Waals surface area contributed by atoms with E-state index < -0.39 is 17.2 Å². The van der Waals surface area contributed by atoms with E-state index in [1.165, 1.54) is 29.0 Å². The van der Waals surface area contributed by atoms with Crippen molar-refractivity contribution in [1.29, 1.82) is 0 Å². The summed E-state index contributed by atoms with van der Waals surface area (Å²) < 4.78 is 48.2. The average Bonchev–Trinajstić information content (AvgIpc) is 2.97. The van der Waals surface area contributed by atoms with Gasteiger partial charge in [0.05, 0.1) is 30.2 Å². The van der Waals surface area contributed by atoms with Crippen molar-refractivity contribution in [2.45, 2.75) is 25.3 Å². The number of nitrogens with zero attached hydrogens (tertiary/aromatic N) is 3. The van der Waals surface area contributed by atoms with Gasteiger partial charge in [-0.1, -0.05) is 23.7 Å². The van der Waals surface area contributed by atoms with Crippen LogP contribution in [0.25, 0.3) is 0 Å². The van der Waals surface area contributed by atoms with Crippen molar-refractivity contribution in [3.05, 3.63) is 92.6 Å². The fraction of sp³-hybridized carbons (Fsp3) is 0.379. The Kier molecular flexibility index (Phi) is 8.78. The number of carbonyl (C=O) groups is 1. The van der Waals surface area contributed by atoms with Crippen LogP contribution in [-0.4, -0.2) is 66.2 Å². The summed E-state index contributed by atoms with van der Waals surface area (Å²) in [7, 11) is 0. The lowest BCUT2D eigenvalue weighted by atomic mass is 9.89. The minimum Gasteiger partial charge on any atom is -0.379 e. The number of anilines is 2. The van der Waals surface area contributed by atoms with Crippen molar-refractivity contribution in [2.75, 3.05) is 51.3 Å². The minimum absolute atomic E-state index is 0.0227. The Hall–Kier alpha value is -3.34. The van der Waals surface area contributed by atoms with Gasteiger partial charge in [-0.2, -0.15) is 0 Å². The second-order valence-electron chi connectivity index (χ2n) is 10.1. The van der Waals surface area contributed by atoms with Crippen LogP contribution in [-0.2, 0) is 11.3 Å². The molecule has 0 radical (unpaired) electrons. The van der Waals surface area contributed by atoms with Crippen molar-refractivity contribution in [1.82, 2.24) is 14.4 Å². The molecule has 0 aliphatic carbocycles. The number of benzene rings is 2. The zero-order chi connectivity index (χ0) is 28.2. The molecule has 11 heteroatoms. The van der Waals surface area contributed by atoms with E-state index in [1.807, 2.05) is 0 Å². The molecule has 0 bridgehead atoms. The van der Waals surface area contributed by atoms with Gasteiger partial charge >= 0.3 is 0 Å². The van der Waals surface area contributed by atoms with Crippen LogP contribution in [0.2, 0.25) is 5.02 Å². The Morgan fingerprint density at radius 2 is 1.62 bits per heavy atom. The van der Waals surface area contributed by atoms with Gasteiger partial charge in [-0.15, -0.1) is 0 Å². The molecule has 2 saturated heterocycles. The van der Waals surface area contributed by atoms with Crippen LogP contribution in [0.15, 0.2) is 53.5 Å². The lowest BCUT2D eigenvalue weighted by molar-refractivity contribution is 0.0362. The third-order valence-electron chi connectivity index (χ3n) is 7.53. The van der Waals surface area contributed by atoms with Crippen LogP contribution in [0.1, 0.15) is 34.7 Å². The molecule has 0 unspecified atom stereocenters. The number of hydrogen-bond acceptors (Lipinski definition) is 5. The number of hydrogen-bond donors (Lipinski definition) is 1. The van der Waals surface area contributed by atoms with Gasteiger partial charge in [0.2, 0.25) is 0 Å². The largest absolute Gasteiger partial charge is 0.379 e. The van der Waals surface area contributed by atoms with E-state index in [0.717, 1.165) is 24.7 Å². The second kappa shape index (κ2) is 12.4. The van der Waals surface area contributed by atoms with Crippen molar-refractivity contribution in [3.63, 3.8) is 0 Å². The van der Waals surface area contributed by atoms with E-state index in [9.17, 15) is 22.8 Å². The van der Waals surface area contributed by atoms with Crippen molar-refractivity contribution in [3.8, 4) is 0 Å². The smallest absolute Gasteiger partial charge is 0.271 e. The monoisotopic (exact) mass is 574 g/mol. The highest BCUT2D eigenvalue weighted by molar-refractivity contribution is 6.34. The van der Waals surface area contributed by atoms with Gasteiger partial charge in [0, 0.05) is 51.5 Å². The number of pyridine rings is 1. The molecule has 2 aliphatic rings. The number of nitrogens with one attached hydrogen (secondary N) is 1. The highest BCUT2D eigenvalue weighted by atomic mass is 35.5. The number of morpholine rings is 1. The van der Waals surface area contributed by atoms with Gasteiger partial charge in [0.1, 0.15) is 22.5 Å². The number of halogens is 4. The Morgan fingerprint density at radius 1 is 0.950 bits per heavy atom. The highest BCUT2D eigenvalue weighted by Gasteiger charge is 2.29. The third-order valence-corrected chi connectivity index (χ3v) is 7.88. The molecule has 3 heterocycles. The standard InChI is InChI=1S/C29H30ClF3N4O3/c30-26-27(34-25-6-5-22(32)17-24(25)33)23(18-37(29(26)39)12-11-35-13-15-40-16-14-35)28(38)36-9-7-20(8-10-36)19-1-3-21(31)4-2-19/h1-6,17-18,20,34H,7-16H2. The number of likely N-dealkylation sites (tertiary alicyclic amines) is 1. The molecule has 0 saturated carbocycles. The SMILES string of the molecule is O=C(c1cn(CCN2CCOCC2)c(=O)c(Cl)c1Nc1ccc(F)cc1F)N1CCC(c2ccc(F)cc2)CC1. The molecule has 212 valence electrons. The number of amides is 1. The van der Waals surface area contributed by atoms with Gasteiger partial charge in [-0.25, -0.2) is 13.2 Å². The summed E-state index contributed by atoms with van der Waals surface area (Å²) in [5, 5.41) is 2.52. The predicted octanol–water partition coefficient (Wildman–Crippen LogP) is 5.01. The lowest BCUT2D eigenvalue weighted by Crippen LogP contribution is -2.40. The second-order valence-corrected chi connectivity index (χ2v) is 10.4. The molecule has 2 aromatic carbocycles. The van der Waals surface area contributed by atoms with E-state index >= 15 is 0 Å². The summed E-state index contributed by atoms with van der Waals surface area (Å²) in [6, 6.07) is 9.37. The summed E-state index contributed by atoms with van der Waals surface area (Å²) in [6.07, 6.45) is 2.82. The average molecular weight is 575 g/mol. The third kappa shape index (κ3) is 6.35. The molecule has 7 nitrogen and oxygen atoms in total. The topological polar surface area (TPSA) is 66.8 Å². The number of piperidine rings is 1. The van der Waals surface area contributed by atoms with Gasteiger partial charge in [-0.3, -0.25) is 14.5 Å². The minimum atomic E-state index is -0.883. The first-order valence-electron chi connectivity index (χ1n) is 13.3. The summed E-state index contributed by atoms with van der Waals surface area (Å²) >= 11 is 6.53. The molecular formula is C29H30ClF3N4O3. The normalized spacial score (nSPS) is 16.8. The molecule has 40 heavy (non-hydrogen) atoms. The van der Waals surface area contributed by atoms with E-state index in [4.69, 9.17) is 16.3 Å². The Morgan fingerprint density at radius 3 is 2.30 bits per heavy atom. The maximum atomic E-state index is 14.5. The zero-order valence-electron chi connectivity index (χ0n) is 21.8. The predicted molar refractivity (Wildman–Crippen MR) is 147 cm³/mol. The fourth-order valence-electron chi connectivity index (χ4n) is 5.20. The molecular weight excluding hydrogens is 545 g/mol. The van der Waals surface area contributed by atoms with E-state index in [0.29, 0.717) is 58.3 Å². The van der Waals surface area contributed by atoms with E-state index in [1.54, 1.807) is 17.0 Å². The van der Waals surface area contributed by atoms with Gasteiger partial charge < -0.3 is 19.5 Å². The molecule has 1 amide bonds. The first-order valence-corrected chi connectivity index (χ1v) is 13.7. The van der Waals surface area contributed by atoms with Crippen LogP contribution < -0.4 is 10.9 Å². The fourth-order valence-corrected chi connectivity index (χ4v) is 5.46. The Balaban J connectivity index is 1.42.